The number of methoxy groups -OCH3 is 2. The molecule has 0 amide bonds. The van der Waals surface area contributed by atoms with Gasteiger partial charge in [0, 0.05) is 24.5 Å². The summed E-state index contributed by atoms with van der Waals surface area (Å²) in [6.07, 6.45) is 0. The molecule has 2 aromatic rings. The van der Waals surface area contributed by atoms with E-state index in [1.54, 1.807) is 12.1 Å². The Morgan fingerprint density at radius 1 is 1.04 bits per heavy atom. The van der Waals surface area contributed by atoms with Gasteiger partial charge < -0.3 is 34.9 Å². The molecule has 0 aromatic heterocycles. The fourth-order valence-electron chi connectivity index (χ4n) is 4.48. The molecule has 1 aliphatic carbocycles. The first-order valence-electron chi connectivity index (χ1n) is 9.24. The van der Waals surface area contributed by atoms with Crippen LogP contribution in [-0.2, 0) is 0 Å². The molecule has 0 spiro atoms. The number of rotatable bonds is 4. The Hall–Kier alpha value is -2.64. The van der Waals surface area contributed by atoms with E-state index < -0.39 is 0 Å². The molecule has 2 aromatic carbocycles. The SMILES string of the molecule is COc1cc(C2c3cc4c(cc3[C@@H](N)[C@@H](CO)[C@@H]2C)OCO4)cc(OC)c1O. The van der Waals surface area contributed by atoms with Crippen LogP contribution in [0.25, 0.3) is 0 Å². The van der Waals surface area contributed by atoms with Gasteiger partial charge in [-0.05, 0) is 46.9 Å². The van der Waals surface area contributed by atoms with Gasteiger partial charge in [0.25, 0.3) is 0 Å². The van der Waals surface area contributed by atoms with Gasteiger partial charge in [0.2, 0.25) is 12.5 Å². The van der Waals surface area contributed by atoms with Crippen molar-refractivity contribution in [1.29, 1.82) is 0 Å². The van der Waals surface area contributed by atoms with Gasteiger partial charge in [-0.25, -0.2) is 0 Å². The van der Waals surface area contributed by atoms with E-state index in [0.717, 1.165) is 16.7 Å². The standard InChI is InChI=1S/C21H25NO6/c1-10-14(8-23)20(22)13-7-16-15(27-9-28-16)6-12(13)19(10)11-4-17(25-2)21(24)18(5-11)26-3/h4-7,10,14,19-20,23-24H,8-9,22H2,1-3H3/t10-,14-,19?,20+/m0/s1. The number of aliphatic hydroxyl groups excluding tert-OH is 1. The van der Waals surface area contributed by atoms with Crippen LogP contribution in [0.3, 0.4) is 0 Å². The fraction of sp³-hybridized carbons (Fsp3) is 0.429. The smallest absolute Gasteiger partial charge is 0.231 e. The molecular formula is C21H25NO6. The van der Waals surface area contributed by atoms with E-state index in [-0.39, 0.29) is 42.9 Å². The number of hydrogen-bond donors (Lipinski definition) is 3. The Morgan fingerprint density at radius 2 is 1.61 bits per heavy atom. The third kappa shape index (κ3) is 2.73. The van der Waals surface area contributed by atoms with Gasteiger partial charge in [-0.3, -0.25) is 0 Å². The number of phenolic OH excluding ortho intramolecular Hbond substituents is 1. The highest BCUT2D eigenvalue weighted by Crippen LogP contribution is 2.52. The maximum absolute atomic E-state index is 10.3. The number of phenols is 1. The van der Waals surface area contributed by atoms with Crippen LogP contribution in [0.15, 0.2) is 24.3 Å². The van der Waals surface area contributed by atoms with Crippen LogP contribution >= 0.6 is 0 Å². The van der Waals surface area contributed by atoms with Gasteiger partial charge in [0.05, 0.1) is 14.2 Å². The quantitative estimate of drug-likeness (QED) is 0.741. The molecule has 28 heavy (non-hydrogen) atoms. The highest BCUT2D eigenvalue weighted by molar-refractivity contribution is 5.58. The molecular weight excluding hydrogens is 362 g/mol. The van der Waals surface area contributed by atoms with Crippen molar-refractivity contribution in [2.24, 2.45) is 17.6 Å². The first-order valence-corrected chi connectivity index (χ1v) is 9.24. The molecule has 0 radical (unpaired) electrons. The normalized spacial score (nSPS) is 25.3. The van der Waals surface area contributed by atoms with Gasteiger partial charge in [0.15, 0.2) is 23.0 Å². The lowest BCUT2D eigenvalue weighted by Crippen LogP contribution is -2.38. The van der Waals surface area contributed by atoms with Crippen molar-refractivity contribution in [1.82, 2.24) is 0 Å². The highest BCUT2D eigenvalue weighted by atomic mass is 16.7. The summed E-state index contributed by atoms with van der Waals surface area (Å²) in [5, 5.41) is 20.3. The minimum atomic E-state index is -0.318. The topological polar surface area (TPSA) is 103 Å². The number of ether oxygens (including phenoxy) is 4. The van der Waals surface area contributed by atoms with Gasteiger partial charge >= 0.3 is 0 Å². The summed E-state index contributed by atoms with van der Waals surface area (Å²) in [4.78, 5) is 0. The predicted octanol–water partition coefficient (Wildman–Crippen LogP) is 2.53. The molecule has 7 nitrogen and oxygen atoms in total. The summed E-state index contributed by atoms with van der Waals surface area (Å²) < 4.78 is 21.8. The largest absolute Gasteiger partial charge is 0.502 e. The third-order valence-electron chi connectivity index (χ3n) is 6.01. The summed E-state index contributed by atoms with van der Waals surface area (Å²) in [5.74, 6) is 1.78. The summed E-state index contributed by atoms with van der Waals surface area (Å²) in [6.45, 7) is 2.22. The predicted molar refractivity (Wildman–Crippen MR) is 102 cm³/mol. The molecule has 1 unspecified atom stereocenters. The van der Waals surface area contributed by atoms with Crippen LogP contribution in [0.4, 0.5) is 0 Å². The monoisotopic (exact) mass is 387 g/mol. The average Bonchev–Trinajstić information content (AvgIpc) is 3.15. The lowest BCUT2D eigenvalue weighted by Gasteiger charge is -2.41. The summed E-state index contributed by atoms with van der Waals surface area (Å²) >= 11 is 0. The first-order chi connectivity index (χ1) is 13.5. The van der Waals surface area contributed by atoms with Crippen molar-refractivity contribution in [3.63, 3.8) is 0 Å². The minimum Gasteiger partial charge on any atom is -0.502 e. The fourth-order valence-corrected chi connectivity index (χ4v) is 4.48. The van der Waals surface area contributed by atoms with Crippen LogP contribution in [-0.4, -0.2) is 37.8 Å². The van der Waals surface area contributed by atoms with Crippen LogP contribution < -0.4 is 24.7 Å². The summed E-state index contributed by atoms with van der Waals surface area (Å²) in [6, 6.07) is 7.18. The molecule has 4 N–H and O–H groups in total. The molecule has 0 saturated heterocycles. The molecule has 1 aliphatic heterocycles. The zero-order valence-electron chi connectivity index (χ0n) is 16.1. The van der Waals surface area contributed by atoms with Crippen molar-refractivity contribution >= 4 is 0 Å². The molecule has 0 bridgehead atoms. The van der Waals surface area contributed by atoms with Crippen LogP contribution in [0.5, 0.6) is 28.7 Å². The van der Waals surface area contributed by atoms with E-state index in [1.807, 2.05) is 12.1 Å². The maximum Gasteiger partial charge on any atom is 0.231 e. The van der Waals surface area contributed by atoms with Crippen molar-refractivity contribution in [2.45, 2.75) is 18.9 Å². The molecule has 4 rings (SSSR count). The second kappa shape index (κ2) is 7.07. The van der Waals surface area contributed by atoms with E-state index in [2.05, 4.69) is 6.92 Å². The molecule has 150 valence electrons. The van der Waals surface area contributed by atoms with Crippen molar-refractivity contribution < 1.29 is 29.2 Å². The van der Waals surface area contributed by atoms with Gasteiger partial charge in [-0.2, -0.15) is 0 Å². The molecule has 0 fully saturated rings. The first kappa shape index (κ1) is 18.7. The minimum absolute atomic E-state index is 0.0287. The van der Waals surface area contributed by atoms with Gasteiger partial charge in [-0.1, -0.05) is 6.92 Å². The number of aromatic hydroxyl groups is 1. The van der Waals surface area contributed by atoms with E-state index in [9.17, 15) is 10.2 Å². The zero-order chi connectivity index (χ0) is 20.0. The third-order valence-corrected chi connectivity index (χ3v) is 6.01. The van der Waals surface area contributed by atoms with E-state index in [0.29, 0.717) is 23.0 Å². The Morgan fingerprint density at radius 3 is 2.14 bits per heavy atom. The van der Waals surface area contributed by atoms with Crippen molar-refractivity contribution in [3.05, 3.63) is 41.0 Å². The van der Waals surface area contributed by atoms with Crippen molar-refractivity contribution in [2.75, 3.05) is 27.6 Å². The number of hydrogen-bond acceptors (Lipinski definition) is 7. The molecule has 4 atom stereocenters. The molecule has 7 heteroatoms. The van der Waals surface area contributed by atoms with Gasteiger partial charge in [-0.15, -0.1) is 0 Å². The number of aliphatic hydroxyl groups is 1. The van der Waals surface area contributed by atoms with Crippen LogP contribution in [0.1, 0.15) is 35.6 Å². The average molecular weight is 387 g/mol. The number of benzene rings is 2. The summed E-state index contributed by atoms with van der Waals surface area (Å²) in [7, 11) is 3.00. The maximum atomic E-state index is 10.3. The second-order valence-electron chi connectivity index (χ2n) is 7.32. The van der Waals surface area contributed by atoms with Crippen molar-refractivity contribution in [3.8, 4) is 28.7 Å². The highest BCUT2D eigenvalue weighted by Gasteiger charge is 2.41. The number of fused-ring (bicyclic) bond motifs is 2. The molecule has 0 saturated carbocycles. The van der Waals surface area contributed by atoms with E-state index in [4.69, 9.17) is 24.7 Å². The zero-order valence-corrected chi connectivity index (χ0v) is 16.1. The second-order valence-corrected chi connectivity index (χ2v) is 7.32. The van der Waals surface area contributed by atoms with Gasteiger partial charge in [0.1, 0.15) is 0 Å². The van der Waals surface area contributed by atoms with Crippen LogP contribution in [0, 0.1) is 11.8 Å². The van der Waals surface area contributed by atoms with Crippen LogP contribution in [0.2, 0.25) is 0 Å². The molecule has 2 aliphatic rings. The number of nitrogens with two attached hydrogens (primary N) is 1. The molecule has 1 heterocycles. The van der Waals surface area contributed by atoms with E-state index >= 15 is 0 Å². The van der Waals surface area contributed by atoms with E-state index in [1.165, 1.54) is 14.2 Å². The summed E-state index contributed by atoms with van der Waals surface area (Å²) in [5.41, 5.74) is 9.37. The lowest BCUT2D eigenvalue weighted by atomic mass is 9.65. The Bertz CT molecular complexity index is 874. The Balaban J connectivity index is 1.93. The Kier molecular flexibility index (Phi) is 4.72. The lowest BCUT2D eigenvalue weighted by molar-refractivity contribution is 0.139. The Labute approximate surface area is 163 Å².